The van der Waals surface area contributed by atoms with Crippen LogP contribution >= 0.6 is 11.3 Å². The van der Waals surface area contributed by atoms with E-state index in [1.165, 1.54) is 11.3 Å². The van der Waals surface area contributed by atoms with Crippen molar-refractivity contribution < 1.29 is 9.53 Å². The average molecular weight is 346 g/mol. The van der Waals surface area contributed by atoms with Crippen LogP contribution in [0, 0.1) is 12.8 Å². The summed E-state index contributed by atoms with van der Waals surface area (Å²) in [7, 11) is 0. The van der Waals surface area contributed by atoms with Gasteiger partial charge in [0.05, 0.1) is 17.3 Å². The van der Waals surface area contributed by atoms with Gasteiger partial charge in [-0.25, -0.2) is 4.98 Å². The zero-order chi connectivity index (χ0) is 17.5. The lowest BCUT2D eigenvalue weighted by Crippen LogP contribution is -2.22. The molecule has 4 nitrogen and oxygen atoms in total. The fourth-order valence-corrected chi connectivity index (χ4v) is 3.53. The fourth-order valence-electron chi connectivity index (χ4n) is 2.34. The van der Waals surface area contributed by atoms with Crippen LogP contribution < -0.4 is 5.32 Å². The number of thiazole rings is 1. The van der Waals surface area contributed by atoms with Gasteiger partial charge in [0.15, 0.2) is 0 Å². The van der Waals surface area contributed by atoms with Crippen molar-refractivity contribution in [3.05, 3.63) is 51.0 Å². The minimum atomic E-state index is -0.0431. The van der Waals surface area contributed by atoms with Crippen LogP contribution in [-0.2, 0) is 24.3 Å². The molecule has 0 saturated heterocycles. The van der Waals surface area contributed by atoms with Crippen LogP contribution in [0.15, 0.2) is 24.3 Å². The number of benzene rings is 1. The van der Waals surface area contributed by atoms with E-state index in [1.54, 1.807) is 0 Å². The third kappa shape index (κ3) is 5.42. The summed E-state index contributed by atoms with van der Waals surface area (Å²) in [5, 5.41) is 4.02. The molecule has 0 fully saturated rings. The van der Waals surface area contributed by atoms with Crippen molar-refractivity contribution in [2.75, 3.05) is 6.61 Å². The Kier molecular flexibility index (Phi) is 6.94. The molecule has 130 valence electrons. The second kappa shape index (κ2) is 8.94. The van der Waals surface area contributed by atoms with E-state index in [-0.39, 0.29) is 5.91 Å². The van der Waals surface area contributed by atoms with Crippen LogP contribution in [0.2, 0.25) is 0 Å². The highest BCUT2D eigenvalue weighted by atomic mass is 32.1. The van der Waals surface area contributed by atoms with E-state index in [4.69, 9.17) is 4.74 Å². The molecule has 2 rings (SSSR count). The molecule has 1 heterocycles. The second-order valence-electron chi connectivity index (χ2n) is 6.26. The first kappa shape index (κ1) is 18.6. The molecule has 0 spiro atoms. The number of amides is 1. The molecule has 0 atom stereocenters. The molecule has 0 aliphatic rings. The van der Waals surface area contributed by atoms with Crippen LogP contribution in [0.25, 0.3) is 0 Å². The molecule has 0 aliphatic carbocycles. The Balaban J connectivity index is 1.92. The van der Waals surface area contributed by atoms with Gasteiger partial charge in [0.2, 0.25) is 0 Å². The second-order valence-corrected chi connectivity index (χ2v) is 7.34. The lowest BCUT2D eigenvalue weighted by molar-refractivity contribution is 0.0954. The maximum absolute atomic E-state index is 12.4. The molecule has 0 saturated carbocycles. The Morgan fingerprint density at radius 3 is 2.54 bits per heavy atom. The number of nitrogens with zero attached hydrogens (tertiary/aromatic N) is 1. The van der Waals surface area contributed by atoms with Crippen LogP contribution in [-0.4, -0.2) is 17.5 Å². The number of hydrogen-bond acceptors (Lipinski definition) is 4. The van der Waals surface area contributed by atoms with Crippen molar-refractivity contribution in [3.63, 3.8) is 0 Å². The molecule has 0 bridgehead atoms. The molecular formula is C19H26N2O2S. The highest BCUT2D eigenvalue weighted by molar-refractivity contribution is 7.13. The third-order valence-electron chi connectivity index (χ3n) is 3.58. The highest BCUT2D eigenvalue weighted by Crippen LogP contribution is 2.20. The summed E-state index contributed by atoms with van der Waals surface area (Å²) in [6.07, 6.45) is 0.917. The number of nitrogens with one attached hydrogen (secondary N) is 1. The average Bonchev–Trinajstić information content (AvgIpc) is 2.91. The molecule has 1 N–H and O–H groups in total. The molecular weight excluding hydrogens is 320 g/mol. The fraction of sp³-hybridized carbons (Fsp3) is 0.474. The number of ether oxygens (including phenoxy) is 1. The largest absolute Gasteiger partial charge is 0.377 e. The highest BCUT2D eigenvalue weighted by Gasteiger charge is 2.15. The summed E-state index contributed by atoms with van der Waals surface area (Å²) in [6, 6.07) is 8.13. The van der Waals surface area contributed by atoms with Crippen molar-refractivity contribution in [2.24, 2.45) is 5.92 Å². The van der Waals surface area contributed by atoms with Gasteiger partial charge in [0.1, 0.15) is 4.88 Å². The molecule has 1 aromatic carbocycles. The summed E-state index contributed by atoms with van der Waals surface area (Å²) in [5.41, 5.74) is 3.04. The summed E-state index contributed by atoms with van der Waals surface area (Å²) in [6.45, 7) is 10.1. The van der Waals surface area contributed by atoms with E-state index in [2.05, 4.69) is 24.1 Å². The lowest BCUT2D eigenvalue weighted by Gasteiger charge is -2.06. The first-order valence-electron chi connectivity index (χ1n) is 8.39. The molecule has 5 heteroatoms. The number of rotatable bonds is 8. The van der Waals surface area contributed by atoms with Gasteiger partial charge < -0.3 is 10.1 Å². The van der Waals surface area contributed by atoms with Gasteiger partial charge in [0.25, 0.3) is 5.91 Å². The Morgan fingerprint density at radius 1 is 1.25 bits per heavy atom. The van der Waals surface area contributed by atoms with Gasteiger partial charge in [-0.1, -0.05) is 38.1 Å². The summed E-state index contributed by atoms with van der Waals surface area (Å²) < 4.78 is 5.38. The zero-order valence-corrected chi connectivity index (χ0v) is 15.7. The first-order valence-corrected chi connectivity index (χ1v) is 9.21. The minimum Gasteiger partial charge on any atom is -0.377 e. The number of hydrogen-bond donors (Lipinski definition) is 1. The van der Waals surface area contributed by atoms with Gasteiger partial charge >= 0.3 is 0 Å². The lowest BCUT2D eigenvalue weighted by atomic mass is 10.1. The normalized spacial score (nSPS) is 11.0. The minimum absolute atomic E-state index is 0.0431. The van der Waals surface area contributed by atoms with Crippen molar-refractivity contribution >= 4 is 17.2 Å². The Labute approximate surface area is 148 Å². The SMILES string of the molecule is CCOCc1ccc(CNC(=O)c2sc(CC(C)C)nc2C)cc1. The quantitative estimate of drug-likeness (QED) is 0.782. The van der Waals surface area contributed by atoms with E-state index in [9.17, 15) is 4.79 Å². The van der Waals surface area contributed by atoms with E-state index >= 15 is 0 Å². The monoisotopic (exact) mass is 346 g/mol. The number of carbonyl (C=O) groups is 1. The maximum atomic E-state index is 12.4. The molecule has 0 radical (unpaired) electrons. The van der Waals surface area contributed by atoms with Gasteiger partial charge in [0, 0.05) is 19.6 Å². The molecule has 0 aliphatic heterocycles. The first-order chi connectivity index (χ1) is 11.5. The van der Waals surface area contributed by atoms with Crippen molar-refractivity contribution in [2.45, 2.75) is 47.3 Å². The van der Waals surface area contributed by atoms with E-state index in [0.29, 0.717) is 25.7 Å². The molecule has 1 aromatic heterocycles. The summed E-state index contributed by atoms with van der Waals surface area (Å²) in [4.78, 5) is 17.6. The summed E-state index contributed by atoms with van der Waals surface area (Å²) in [5.74, 6) is 0.500. The van der Waals surface area contributed by atoms with Gasteiger partial charge in [-0.15, -0.1) is 11.3 Å². The van der Waals surface area contributed by atoms with Crippen LogP contribution in [0.1, 0.15) is 52.3 Å². The van der Waals surface area contributed by atoms with Crippen LogP contribution in [0.5, 0.6) is 0 Å². The van der Waals surface area contributed by atoms with Crippen molar-refractivity contribution in [3.8, 4) is 0 Å². The van der Waals surface area contributed by atoms with Crippen molar-refractivity contribution in [1.29, 1.82) is 0 Å². The van der Waals surface area contributed by atoms with Gasteiger partial charge in [-0.05, 0) is 30.9 Å². The zero-order valence-electron chi connectivity index (χ0n) is 14.9. The number of aryl methyl sites for hydroxylation is 1. The number of carbonyl (C=O) groups excluding carboxylic acids is 1. The molecule has 2 aromatic rings. The van der Waals surface area contributed by atoms with Gasteiger partial charge in [-0.2, -0.15) is 0 Å². The third-order valence-corrected chi connectivity index (χ3v) is 4.76. The molecule has 24 heavy (non-hydrogen) atoms. The molecule has 0 unspecified atom stereocenters. The Hall–Kier alpha value is -1.72. The maximum Gasteiger partial charge on any atom is 0.263 e. The van der Waals surface area contributed by atoms with E-state index in [1.807, 2.05) is 38.1 Å². The van der Waals surface area contributed by atoms with E-state index < -0.39 is 0 Å². The Morgan fingerprint density at radius 2 is 1.92 bits per heavy atom. The number of aromatic nitrogens is 1. The predicted molar refractivity (Wildman–Crippen MR) is 98.3 cm³/mol. The summed E-state index contributed by atoms with van der Waals surface area (Å²) >= 11 is 1.50. The van der Waals surface area contributed by atoms with Gasteiger partial charge in [-0.3, -0.25) is 4.79 Å². The standard InChI is InChI=1S/C19H26N2O2S/c1-5-23-12-16-8-6-15(7-9-16)11-20-19(22)18-14(4)21-17(24-18)10-13(2)3/h6-9,13H,5,10-12H2,1-4H3,(H,20,22). The Bertz CT molecular complexity index is 663. The van der Waals surface area contributed by atoms with Crippen LogP contribution in [0.3, 0.4) is 0 Å². The van der Waals surface area contributed by atoms with Crippen LogP contribution in [0.4, 0.5) is 0 Å². The van der Waals surface area contributed by atoms with E-state index in [0.717, 1.165) is 33.1 Å². The topological polar surface area (TPSA) is 51.2 Å². The van der Waals surface area contributed by atoms with Crippen molar-refractivity contribution in [1.82, 2.24) is 10.3 Å². The predicted octanol–water partition coefficient (Wildman–Crippen LogP) is 4.12. The smallest absolute Gasteiger partial charge is 0.263 e. The molecule has 1 amide bonds.